The number of nitrogens with zero attached hydrogens (tertiary/aromatic N) is 2. The molecule has 1 aliphatic heterocycles. The second kappa shape index (κ2) is 6.03. The Hall–Kier alpha value is -1.59. The van der Waals surface area contributed by atoms with Crippen molar-refractivity contribution in [1.82, 2.24) is 9.80 Å². The van der Waals surface area contributed by atoms with Crippen LogP contribution in [0.4, 0.5) is 0 Å². The molecular weight excluding hydrogens is 332 g/mol. The van der Waals surface area contributed by atoms with Gasteiger partial charge in [0.1, 0.15) is 6.26 Å². The van der Waals surface area contributed by atoms with Gasteiger partial charge in [-0.3, -0.25) is 4.79 Å². The van der Waals surface area contributed by atoms with Crippen LogP contribution in [0.3, 0.4) is 0 Å². The molecule has 0 bridgehead atoms. The molecule has 0 N–H and O–H groups in total. The first-order valence-electron chi connectivity index (χ1n) is 6.93. The summed E-state index contributed by atoms with van der Waals surface area (Å²) in [5, 5.41) is 0. The molecule has 1 aromatic carbocycles. The Morgan fingerprint density at radius 3 is 2.71 bits per heavy atom. The Bertz CT molecular complexity index is 626. The summed E-state index contributed by atoms with van der Waals surface area (Å²) in [6.45, 7) is 2.45. The molecule has 0 saturated carbocycles. The Morgan fingerprint density at radius 1 is 1.29 bits per heavy atom. The van der Waals surface area contributed by atoms with Gasteiger partial charge in [-0.2, -0.15) is 0 Å². The summed E-state index contributed by atoms with van der Waals surface area (Å²) in [6, 6.07) is 12.0. The lowest BCUT2D eigenvalue weighted by Gasteiger charge is -2.40. The molecule has 1 atom stereocenters. The summed E-state index contributed by atoms with van der Waals surface area (Å²) < 4.78 is 5.78. The number of halogens is 1. The van der Waals surface area contributed by atoms with Crippen molar-refractivity contribution in [2.24, 2.45) is 0 Å². The number of carbonyl (C=O) groups excluding carboxylic acids is 1. The van der Waals surface area contributed by atoms with Gasteiger partial charge < -0.3 is 14.2 Å². The van der Waals surface area contributed by atoms with E-state index in [9.17, 15) is 4.79 Å². The molecule has 1 aromatic heterocycles. The maximum atomic E-state index is 12.7. The topological polar surface area (TPSA) is 36.7 Å². The summed E-state index contributed by atoms with van der Waals surface area (Å²) >= 11 is 3.25. The third-order valence-electron chi connectivity index (χ3n) is 3.84. The van der Waals surface area contributed by atoms with E-state index in [-0.39, 0.29) is 11.9 Å². The van der Waals surface area contributed by atoms with E-state index >= 15 is 0 Å². The molecule has 4 nitrogen and oxygen atoms in total. The minimum atomic E-state index is 0.0198. The van der Waals surface area contributed by atoms with Crippen molar-refractivity contribution in [2.45, 2.75) is 6.04 Å². The third kappa shape index (κ3) is 3.04. The average Bonchev–Trinajstić information content (AvgIpc) is 2.94. The van der Waals surface area contributed by atoms with Gasteiger partial charge in [0, 0.05) is 25.7 Å². The molecule has 1 amide bonds. The van der Waals surface area contributed by atoms with Gasteiger partial charge in [-0.1, -0.05) is 30.3 Å². The smallest absolute Gasteiger partial charge is 0.257 e. The number of hydrogen-bond acceptors (Lipinski definition) is 3. The summed E-state index contributed by atoms with van der Waals surface area (Å²) in [6.07, 6.45) is 1.51. The molecule has 5 heteroatoms. The van der Waals surface area contributed by atoms with E-state index in [0.29, 0.717) is 10.2 Å². The zero-order valence-corrected chi connectivity index (χ0v) is 13.4. The molecule has 0 radical (unpaired) electrons. The van der Waals surface area contributed by atoms with Gasteiger partial charge in [0.05, 0.1) is 11.6 Å². The normalized spacial score (nSPS) is 19.7. The minimum absolute atomic E-state index is 0.0198. The fraction of sp³-hybridized carbons (Fsp3) is 0.312. The first kappa shape index (κ1) is 14.4. The number of amides is 1. The van der Waals surface area contributed by atoms with Crippen LogP contribution in [-0.4, -0.2) is 42.4 Å². The molecule has 3 rings (SSSR count). The molecule has 2 aromatic rings. The summed E-state index contributed by atoms with van der Waals surface area (Å²) in [7, 11) is 2.09. The Morgan fingerprint density at radius 2 is 2.05 bits per heavy atom. The lowest BCUT2D eigenvalue weighted by molar-refractivity contribution is 0.0497. The molecule has 110 valence electrons. The van der Waals surface area contributed by atoms with Crippen LogP contribution in [0.2, 0.25) is 0 Å². The predicted molar refractivity (Wildman–Crippen MR) is 84.1 cm³/mol. The highest BCUT2D eigenvalue weighted by molar-refractivity contribution is 9.10. The SMILES string of the molecule is CN1CCN(C(=O)c2coc(Br)c2)C(c2ccccc2)C1. The third-order valence-corrected chi connectivity index (χ3v) is 4.26. The fourth-order valence-corrected chi connectivity index (χ4v) is 3.05. The number of carbonyl (C=O) groups is 1. The van der Waals surface area contributed by atoms with Crippen LogP contribution in [-0.2, 0) is 0 Å². The number of hydrogen-bond donors (Lipinski definition) is 0. The first-order chi connectivity index (χ1) is 10.1. The van der Waals surface area contributed by atoms with Crippen LogP contribution >= 0.6 is 15.9 Å². The second-order valence-corrected chi connectivity index (χ2v) is 6.11. The summed E-state index contributed by atoms with van der Waals surface area (Å²) in [5.41, 5.74) is 1.76. The van der Waals surface area contributed by atoms with Gasteiger partial charge >= 0.3 is 0 Å². The monoisotopic (exact) mass is 348 g/mol. The summed E-state index contributed by atoms with van der Waals surface area (Å²) in [4.78, 5) is 16.9. The Labute approximate surface area is 132 Å². The minimum Gasteiger partial charge on any atom is -0.457 e. The molecule has 1 aliphatic rings. The highest BCUT2D eigenvalue weighted by Gasteiger charge is 2.31. The van der Waals surface area contributed by atoms with E-state index in [2.05, 4.69) is 40.0 Å². The Kier molecular flexibility index (Phi) is 4.12. The zero-order valence-electron chi connectivity index (χ0n) is 11.8. The van der Waals surface area contributed by atoms with Crippen LogP contribution in [0.1, 0.15) is 22.0 Å². The van der Waals surface area contributed by atoms with Crippen molar-refractivity contribution >= 4 is 21.8 Å². The van der Waals surface area contributed by atoms with Crippen LogP contribution < -0.4 is 0 Å². The molecule has 0 spiro atoms. The standard InChI is InChI=1S/C16H17BrN2O2/c1-18-7-8-19(16(20)13-9-15(17)21-11-13)14(10-18)12-5-3-2-4-6-12/h2-6,9,11,14H,7-8,10H2,1H3. The van der Waals surface area contributed by atoms with Crippen LogP contribution in [0.5, 0.6) is 0 Å². The summed E-state index contributed by atoms with van der Waals surface area (Å²) in [5.74, 6) is 0.0198. The van der Waals surface area contributed by atoms with Crippen LogP contribution in [0, 0.1) is 0 Å². The number of likely N-dealkylation sites (N-methyl/N-ethyl adjacent to an activating group) is 1. The van der Waals surface area contributed by atoms with Crippen molar-refractivity contribution in [3.8, 4) is 0 Å². The Balaban J connectivity index is 1.89. The molecule has 2 heterocycles. The number of rotatable bonds is 2. The van der Waals surface area contributed by atoms with Crippen molar-refractivity contribution < 1.29 is 9.21 Å². The molecule has 1 saturated heterocycles. The molecule has 1 fully saturated rings. The first-order valence-corrected chi connectivity index (χ1v) is 7.73. The van der Waals surface area contributed by atoms with Crippen molar-refractivity contribution in [1.29, 1.82) is 0 Å². The van der Waals surface area contributed by atoms with Gasteiger partial charge in [0.2, 0.25) is 0 Å². The van der Waals surface area contributed by atoms with Gasteiger partial charge in [-0.05, 0) is 28.5 Å². The lowest BCUT2D eigenvalue weighted by Crippen LogP contribution is -2.49. The fourth-order valence-electron chi connectivity index (χ4n) is 2.71. The predicted octanol–water partition coefficient (Wildman–Crippen LogP) is 3.17. The highest BCUT2D eigenvalue weighted by atomic mass is 79.9. The average molecular weight is 349 g/mol. The van der Waals surface area contributed by atoms with Crippen molar-refractivity contribution in [3.05, 3.63) is 58.5 Å². The second-order valence-electron chi connectivity index (χ2n) is 5.33. The van der Waals surface area contributed by atoms with Gasteiger partial charge in [-0.25, -0.2) is 0 Å². The van der Waals surface area contributed by atoms with E-state index < -0.39 is 0 Å². The van der Waals surface area contributed by atoms with Gasteiger partial charge in [0.25, 0.3) is 5.91 Å². The largest absolute Gasteiger partial charge is 0.457 e. The van der Waals surface area contributed by atoms with Crippen LogP contribution in [0.15, 0.2) is 51.7 Å². The molecule has 21 heavy (non-hydrogen) atoms. The van der Waals surface area contributed by atoms with Crippen molar-refractivity contribution in [3.63, 3.8) is 0 Å². The number of piperazine rings is 1. The van der Waals surface area contributed by atoms with E-state index in [4.69, 9.17) is 4.42 Å². The van der Waals surface area contributed by atoms with Crippen molar-refractivity contribution in [2.75, 3.05) is 26.7 Å². The maximum absolute atomic E-state index is 12.7. The molecule has 0 aliphatic carbocycles. The number of furan rings is 1. The van der Waals surface area contributed by atoms with Crippen LogP contribution in [0.25, 0.3) is 0 Å². The maximum Gasteiger partial charge on any atom is 0.257 e. The number of benzene rings is 1. The van der Waals surface area contributed by atoms with Gasteiger partial charge in [-0.15, -0.1) is 0 Å². The van der Waals surface area contributed by atoms with E-state index in [1.54, 1.807) is 6.07 Å². The van der Waals surface area contributed by atoms with E-state index in [1.807, 2.05) is 23.1 Å². The quantitative estimate of drug-likeness (QED) is 0.836. The zero-order chi connectivity index (χ0) is 14.8. The molecular formula is C16H17BrN2O2. The lowest BCUT2D eigenvalue weighted by atomic mass is 10.0. The van der Waals surface area contributed by atoms with E-state index in [0.717, 1.165) is 19.6 Å². The van der Waals surface area contributed by atoms with Gasteiger partial charge in [0.15, 0.2) is 4.67 Å². The van der Waals surface area contributed by atoms with E-state index in [1.165, 1.54) is 11.8 Å². The highest BCUT2D eigenvalue weighted by Crippen LogP contribution is 2.27. The molecule has 1 unspecified atom stereocenters.